The zero-order chi connectivity index (χ0) is 23.9. The monoisotopic (exact) mass is 464 g/mol. The molecular weight excluding hydrogens is 428 g/mol. The number of aromatic nitrogens is 8. The lowest BCUT2D eigenvalue weighted by Gasteiger charge is -2.05. The van der Waals surface area contributed by atoms with Gasteiger partial charge in [-0.05, 0) is 39.5 Å². The number of aromatic amines is 2. The first-order valence-electron chi connectivity index (χ1n) is 12.5. The van der Waals surface area contributed by atoms with E-state index in [-0.39, 0.29) is 0 Å². The van der Waals surface area contributed by atoms with Crippen LogP contribution in [0.15, 0.2) is 29.0 Å². The maximum absolute atomic E-state index is 4.78. The Morgan fingerprint density at radius 3 is 2.15 bits per heavy atom. The van der Waals surface area contributed by atoms with Crippen LogP contribution in [-0.2, 0) is 13.1 Å². The summed E-state index contributed by atoms with van der Waals surface area (Å²) in [6.45, 7) is 11.8. The van der Waals surface area contributed by atoms with Crippen molar-refractivity contribution in [3.8, 4) is 0 Å². The Morgan fingerprint density at radius 2 is 1.53 bits per heavy atom. The average Bonchev–Trinajstić information content (AvgIpc) is 3.39. The molecule has 0 unspecified atom stereocenters. The molecule has 0 aromatic carbocycles. The maximum atomic E-state index is 4.78. The van der Waals surface area contributed by atoms with E-state index < -0.39 is 0 Å². The van der Waals surface area contributed by atoms with Gasteiger partial charge >= 0.3 is 0 Å². The Bertz CT molecular complexity index is 1350. The number of hydrogen-bond acceptors (Lipinski definition) is 6. The van der Waals surface area contributed by atoms with Crippen LogP contribution in [0.25, 0.3) is 22.3 Å². The van der Waals surface area contributed by atoms with Crippen LogP contribution in [0.3, 0.4) is 0 Å². The fourth-order valence-corrected chi connectivity index (χ4v) is 3.89. The molecule has 0 saturated heterocycles. The number of imidazole rings is 2. The van der Waals surface area contributed by atoms with Crippen molar-refractivity contribution in [2.24, 2.45) is 9.98 Å². The zero-order valence-electron chi connectivity index (χ0n) is 20.8. The summed E-state index contributed by atoms with van der Waals surface area (Å²) in [5.74, 6) is 1.74. The Morgan fingerprint density at radius 1 is 0.853 bits per heavy atom. The van der Waals surface area contributed by atoms with Gasteiger partial charge < -0.3 is 19.1 Å². The van der Waals surface area contributed by atoms with Crippen LogP contribution in [0.4, 0.5) is 0 Å². The van der Waals surface area contributed by atoms with E-state index in [0.29, 0.717) is 5.92 Å². The quantitative estimate of drug-likeness (QED) is 0.415. The third-order valence-electron chi connectivity index (χ3n) is 5.75. The van der Waals surface area contributed by atoms with Gasteiger partial charge in [-0.15, -0.1) is 0 Å². The van der Waals surface area contributed by atoms with Crippen LogP contribution in [0.1, 0.15) is 71.5 Å². The molecule has 4 heterocycles. The van der Waals surface area contributed by atoms with Crippen LogP contribution in [0, 0.1) is 0 Å². The highest BCUT2D eigenvalue weighted by molar-refractivity contribution is 5.70. The fourth-order valence-electron chi connectivity index (χ4n) is 3.89. The van der Waals surface area contributed by atoms with Gasteiger partial charge in [-0.2, -0.15) is 0 Å². The van der Waals surface area contributed by atoms with Gasteiger partial charge in [-0.1, -0.05) is 20.3 Å². The molecule has 0 spiro atoms. The molecule has 0 atom stereocenters. The Labute approximate surface area is 199 Å². The first kappa shape index (κ1) is 23.8. The van der Waals surface area contributed by atoms with Gasteiger partial charge in [0.15, 0.2) is 22.3 Å². The molecule has 0 bridgehead atoms. The molecule has 4 aromatic heterocycles. The van der Waals surface area contributed by atoms with E-state index in [9.17, 15) is 0 Å². The van der Waals surface area contributed by atoms with E-state index in [1.165, 1.54) is 19.3 Å². The second kappa shape index (κ2) is 11.2. The summed E-state index contributed by atoms with van der Waals surface area (Å²) < 4.78 is 4.19. The number of unbranched alkanes of at least 4 members (excludes halogenated alkanes) is 1. The largest absolute Gasteiger partial charge is 0.340 e. The van der Waals surface area contributed by atoms with Crippen molar-refractivity contribution in [1.82, 2.24) is 39.0 Å². The molecule has 1 saturated carbocycles. The average molecular weight is 465 g/mol. The van der Waals surface area contributed by atoms with Crippen molar-refractivity contribution < 1.29 is 0 Å². The first-order chi connectivity index (χ1) is 16.7. The molecule has 0 amide bonds. The van der Waals surface area contributed by atoms with Crippen LogP contribution >= 0.6 is 0 Å². The van der Waals surface area contributed by atoms with E-state index >= 15 is 0 Å². The molecular formula is C24H36N10. The molecule has 5 rings (SSSR count). The standard InChI is InChI=1S/C14H21N5.C10H15N5/c1-3-5-8-19-9-16-13(15-4-2)11-14(19)18-12(17-11)10-6-7-10;1-3-5-15-7-14-9(11-4-2)8-10(15)13-6-12-8/h9-10H,3-8H2,1-2H3,(H,17,18);6-7H,3-5H2,1-2H3,(H,12,13). The van der Waals surface area contributed by atoms with E-state index in [4.69, 9.17) is 4.98 Å². The third-order valence-corrected chi connectivity index (χ3v) is 5.75. The smallest absolute Gasteiger partial charge is 0.176 e. The number of aryl methyl sites for hydroxylation is 2. The molecule has 0 aliphatic heterocycles. The van der Waals surface area contributed by atoms with E-state index in [1.807, 2.05) is 24.7 Å². The van der Waals surface area contributed by atoms with Gasteiger partial charge in [0.05, 0.1) is 19.0 Å². The summed E-state index contributed by atoms with van der Waals surface area (Å²) in [6.07, 6.45) is 11.3. The molecule has 1 fully saturated rings. The van der Waals surface area contributed by atoms with Gasteiger partial charge in [-0.3, -0.25) is 9.98 Å². The van der Waals surface area contributed by atoms with Crippen LogP contribution < -0.4 is 11.0 Å². The van der Waals surface area contributed by atoms with E-state index in [0.717, 1.165) is 78.1 Å². The molecule has 1 aliphatic rings. The molecule has 4 aromatic rings. The summed E-state index contributed by atoms with van der Waals surface area (Å²) >= 11 is 0. The zero-order valence-corrected chi connectivity index (χ0v) is 20.8. The Kier molecular flexibility index (Phi) is 7.87. The van der Waals surface area contributed by atoms with Crippen molar-refractivity contribution in [2.45, 2.75) is 78.8 Å². The number of rotatable bonds is 8. The van der Waals surface area contributed by atoms with Crippen molar-refractivity contribution in [3.05, 3.63) is 35.8 Å². The van der Waals surface area contributed by atoms with Crippen LogP contribution in [0.2, 0.25) is 0 Å². The normalized spacial score (nSPS) is 14.7. The van der Waals surface area contributed by atoms with Gasteiger partial charge in [-0.25, -0.2) is 19.9 Å². The van der Waals surface area contributed by atoms with Crippen molar-refractivity contribution in [2.75, 3.05) is 13.1 Å². The number of nitrogens with one attached hydrogen (secondary N) is 2. The number of H-pyrrole nitrogens is 2. The molecule has 1 aliphatic carbocycles. The number of nitrogens with zero attached hydrogens (tertiary/aromatic N) is 8. The van der Waals surface area contributed by atoms with E-state index in [1.54, 1.807) is 12.7 Å². The highest BCUT2D eigenvalue weighted by atomic mass is 15.1. The lowest BCUT2D eigenvalue weighted by atomic mass is 10.3. The maximum Gasteiger partial charge on any atom is 0.176 e. The first-order valence-corrected chi connectivity index (χ1v) is 12.5. The summed E-state index contributed by atoms with van der Waals surface area (Å²) in [5, 5.41) is 0. The number of hydrogen-bond donors (Lipinski definition) is 2. The Balaban J connectivity index is 0.000000166. The van der Waals surface area contributed by atoms with Crippen LogP contribution in [0.5, 0.6) is 0 Å². The minimum absolute atomic E-state index is 0.626. The summed E-state index contributed by atoms with van der Waals surface area (Å²) in [5.41, 5.74) is 5.41. The molecule has 10 nitrogen and oxygen atoms in total. The lowest BCUT2D eigenvalue weighted by Crippen LogP contribution is -2.14. The highest BCUT2D eigenvalue weighted by Crippen LogP contribution is 2.38. The summed E-state index contributed by atoms with van der Waals surface area (Å²) in [4.78, 5) is 33.1. The Hall–Kier alpha value is -3.30. The lowest BCUT2D eigenvalue weighted by molar-refractivity contribution is 0.631. The van der Waals surface area contributed by atoms with Gasteiger partial charge in [0.2, 0.25) is 0 Å². The highest BCUT2D eigenvalue weighted by Gasteiger charge is 2.27. The second-order valence-corrected chi connectivity index (χ2v) is 8.52. The SMILES string of the molecule is CCCCn1cnc(=NCC)c2[nH]c(C3CC3)nc21.CCCn1cnc(=NCC)c2[nH]cnc21. The molecule has 2 N–H and O–H groups in total. The predicted octanol–water partition coefficient (Wildman–Crippen LogP) is 3.45. The van der Waals surface area contributed by atoms with Gasteiger partial charge in [0.25, 0.3) is 0 Å². The van der Waals surface area contributed by atoms with Crippen LogP contribution in [-0.4, -0.2) is 52.1 Å². The minimum atomic E-state index is 0.626. The summed E-state index contributed by atoms with van der Waals surface area (Å²) in [7, 11) is 0. The van der Waals surface area contributed by atoms with Gasteiger partial charge in [0.1, 0.15) is 16.9 Å². The van der Waals surface area contributed by atoms with Gasteiger partial charge in [0, 0.05) is 32.1 Å². The molecule has 10 heteroatoms. The molecule has 0 radical (unpaired) electrons. The van der Waals surface area contributed by atoms with Crippen molar-refractivity contribution in [3.63, 3.8) is 0 Å². The topological polar surface area (TPSA) is 118 Å². The number of fused-ring (bicyclic) bond motifs is 2. The van der Waals surface area contributed by atoms with E-state index in [2.05, 4.69) is 53.3 Å². The second-order valence-electron chi connectivity index (χ2n) is 8.52. The molecule has 34 heavy (non-hydrogen) atoms. The predicted molar refractivity (Wildman–Crippen MR) is 133 cm³/mol. The minimum Gasteiger partial charge on any atom is -0.340 e. The van der Waals surface area contributed by atoms with Crippen molar-refractivity contribution >= 4 is 22.3 Å². The van der Waals surface area contributed by atoms with Crippen molar-refractivity contribution in [1.29, 1.82) is 0 Å². The summed E-state index contributed by atoms with van der Waals surface area (Å²) in [6, 6.07) is 0. The third kappa shape index (κ3) is 5.26. The molecule has 182 valence electrons. The fraction of sp³-hybridized carbons (Fsp3) is 0.583.